The molecule has 25 heavy (non-hydrogen) atoms. The highest BCUT2D eigenvalue weighted by Gasteiger charge is 2.19. The Labute approximate surface area is 152 Å². The predicted octanol–water partition coefficient (Wildman–Crippen LogP) is 3.05. The van der Waals surface area contributed by atoms with Gasteiger partial charge in [0.15, 0.2) is 0 Å². The van der Waals surface area contributed by atoms with Crippen molar-refractivity contribution in [2.45, 2.75) is 52.1 Å². The van der Waals surface area contributed by atoms with Crippen LogP contribution in [0.3, 0.4) is 0 Å². The summed E-state index contributed by atoms with van der Waals surface area (Å²) in [4.78, 5) is 14.7. The molecule has 1 aromatic carbocycles. The highest BCUT2D eigenvalue weighted by Crippen LogP contribution is 2.15. The van der Waals surface area contributed by atoms with Gasteiger partial charge >= 0.3 is 6.03 Å². The van der Waals surface area contributed by atoms with E-state index in [9.17, 15) is 4.79 Å². The Morgan fingerprint density at radius 3 is 2.80 bits per heavy atom. The molecule has 0 aromatic heterocycles. The molecule has 1 aliphatic rings. The van der Waals surface area contributed by atoms with E-state index in [-0.39, 0.29) is 18.1 Å². The number of piperidine rings is 1. The third-order valence-corrected chi connectivity index (χ3v) is 4.70. The number of methoxy groups -OCH3 is 1. The van der Waals surface area contributed by atoms with Gasteiger partial charge in [-0.1, -0.05) is 19.1 Å². The van der Waals surface area contributed by atoms with Gasteiger partial charge in [0.25, 0.3) is 0 Å². The van der Waals surface area contributed by atoms with Gasteiger partial charge in [-0.3, -0.25) is 0 Å². The Hall–Kier alpha value is -1.75. The number of likely N-dealkylation sites (tertiary alicyclic amines) is 1. The Morgan fingerprint density at radius 2 is 2.08 bits per heavy atom. The zero-order valence-corrected chi connectivity index (χ0v) is 16.0. The monoisotopic (exact) mass is 347 g/mol. The molecule has 0 bridgehead atoms. The van der Waals surface area contributed by atoms with Crippen LogP contribution in [0, 0.1) is 5.92 Å². The molecular formula is C20H33N3O2. The molecular weight excluding hydrogens is 314 g/mol. The second-order valence-electron chi connectivity index (χ2n) is 7.48. The van der Waals surface area contributed by atoms with Crippen LogP contribution >= 0.6 is 0 Å². The smallest absolute Gasteiger partial charge is 0.315 e. The van der Waals surface area contributed by atoms with E-state index < -0.39 is 0 Å². The van der Waals surface area contributed by atoms with Gasteiger partial charge in [-0.25, -0.2) is 4.79 Å². The summed E-state index contributed by atoms with van der Waals surface area (Å²) in [6, 6.07) is 8.09. The van der Waals surface area contributed by atoms with E-state index in [0.29, 0.717) is 0 Å². The normalized spacial score (nSPS) is 20.6. The van der Waals surface area contributed by atoms with E-state index in [2.05, 4.69) is 35.4 Å². The largest absolute Gasteiger partial charge is 0.497 e. The van der Waals surface area contributed by atoms with Gasteiger partial charge in [-0.15, -0.1) is 0 Å². The van der Waals surface area contributed by atoms with Crippen LogP contribution in [-0.2, 0) is 6.42 Å². The van der Waals surface area contributed by atoms with E-state index in [1.165, 1.54) is 12.8 Å². The van der Waals surface area contributed by atoms with Gasteiger partial charge in [-0.2, -0.15) is 0 Å². The molecule has 0 saturated carbocycles. The van der Waals surface area contributed by atoms with Gasteiger partial charge in [0.2, 0.25) is 0 Å². The topological polar surface area (TPSA) is 53.6 Å². The van der Waals surface area contributed by atoms with Crippen molar-refractivity contribution in [3.05, 3.63) is 29.8 Å². The predicted molar refractivity (Wildman–Crippen MR) is 102 cm³/mol. The first kappa shape index (κ1) is 19.6. The summed E-state index contributed by atoms with van der Waals surface area (Å²) in [5, 5.41) is 6.10. The van der Waals surface area contributed by atoms with E-state index >= 15 is 0 Å². The molecule has 0 spiro atoms. The lowest BCUT2D eigenvalue weighted by molar-refractivity contribution is 0.169. The first-order chi connectivity index (χ1) is 12.0. The Bertz CT molecular complexity index is 549. The lowest BCUT2D eigenvalue weighted by atomic mass is 10.00. The van der Waals surface area contributed by atoms with Crippen molar-refractivity contribution in [1.29, 1.82) is 0 Å². The summed E-state index contributed by atoms with van der Waals surface area (Å²) in [6.45, 7) is 9.60. The maximum Gasteiger partial charge on any atom is 0.315 e. The molecule has 1 fully saturated rings. The average Bonchev–Trinajstić information content (AvgIpc) is 2.54. The SMILES string of the molecule is COc1cccc(CC(C)NC(=O)NC(C)CN2CCCC(C)C2)c1. The highest BCUT2D eigenvalue weighted by atomic mass is 16.5. The summed E-state index contributed by atoms with van der Waals surface area (Å²) < 4.78 is 5.25. The fraction of sp³-hybridized carbons (Fsp3) is 0.650. The van der Waals surface area contributed by atoms with Crippen LogP contribution in [0.15, 0.2) is 24.3 Å². The minimum absolute atomic E-state index is 0.0642. The lowest BCUT2D eigenvalue weighted by Crippen LogP contribution is -2.49. The van der Waals surface area contributed by atoms with Crippen molar-refractivity contribution in [3.8, 4) is 5.75 Å². The lowest BCUT2D eigenvalue weighted by Gasteiger charge is -2.33. The van der Waals surface area contributed by atoms with Crippen LogP contribution in [0.4, 0.5) is 4.79 Å². The summed E-state index contributed by atoms with van der Waals surface area (Å²) in [5.74, 6) is 1.61. The van der Waals surface area contributed by atoms with Crippen LogP contribution < -0.4 is 15.4 Å². The minimum Gasteiger partial charge on any atom is -0.497 e. The molecule has 5 nitrogen and oxygen atoms in total. The van der Waals surface area contributed by atoms with Crippen molar-refractivity contribution in [1.82, 2.24) is 15.5 Å². The summed E-state index contributed by atoms with van der Waals surface area (Å²) in [7, 11) is 1.67. The quantitative estimate of drug-likeness (QED) is 0.797. The van der Waals surface area contributed by atoms with E-state index in [1.54, 1.807) is 7.11 Å². The fourth-order valence-electron chi connectivity index (χ4n) is 3.58. The fourth-order valence-corrected chi connectivity index (χ4v) is 3.58. The zero-order valence-electron chi connectivity index (χ0n) is 16.0. The van der Waals surface area contributed by atoms with Crippen LogP contribution in [0.5, 0.6) is 5.75 Å². The van der Waals surface area contributed by atoms with Crippen molar-refractivity contribution < 1.29 is 9.53 Å². The van der Waals surface area contributed by atoms with Crippen molar-refractivity contribution in [2.75, 3.05) is 26.7 Å². The van der Waals surface area contributed by atoms with Gasteiger partial charge < -0.3 is 20.3 Å². The molecule has 2 rings (SSSR count). The minimum atomic E-state index is -0.0899. The second kappa shape index (κ2) is 9.66. The molecule has 1 aliphatic heterocycles. The number of carbonyl (C=O) groups is 1. The molecule has 1 heterocycles. The third-order valence-electron chi connectivity index (χ3n) is 4.70. The maximum absolute atomic E-state index is 12.2. The average molecular weight is 348 g/mol. The summed E-state index contributed by atoms with van der Waals surface area (Å²) in [6.07, 6.45) is 3.36. The number of carbonyl (C=O) groups excluding carboxylic acids is 1. The number of ether oxygens (including phenoxy) is 1. The maximum atomic E-state index is 12.2. The molecule has 1 saturated heterocycles. The molecule has 3 atom stereocenters. The Morgan fingerprint density at radius 1 is 1.32 bits per heavy atom. The molecule has 2 N–H and O–H groups in total. The number of benzene rings is 1. The van der Waals surface area contributed by atoms with Crippen LogP contribution in [0.1, 0.15) is 39.2 Å². The number of urea groups is 1. The van der Waals surface area contributed by atoms with Crippen molar-refractivity contribution in [3.63, 3.8) is 0 Å². The Balaban J connectivity index is 1.72. The van der Waals surface area contributed by atoms with Crippen LogP contribution in [0.2, 0.25) is 0 Å². The standard InChI is InChI=1S/C20H33N3O2/c1-15-7-6-10-23(13-15)14-17(3)22-20(24)21-16(2)11-18-8-5-9-19(12-18)25-4/h5,8-9,12,15-17H,6-7,10-11,13-14H2,1-4H3,(H2,21,22,24). The zero-order chi connectivity index (χ0) is 18.2. The molecule has 3 unspecified atom stereocenters. The number of nitrogens with zero attached hydrogens (tertiary/aromatic N) is 1. The molecule has 5 heteroatoms. The second-order valence-corrected chi connectivity index (χ2v) is 7.48. The first-order valence-corrected chi connectivity index (χ1v) is 9.38. The van der Waals surface area contributed by atoms with Crippen LogP contribution in [-0.4, -0.2) is 49.8 Å². The van der Waals surface area contributed by atoms with Gasteiger partial charge in [0.05, 0.1) is 7.11 Å². The molecule has 0 aliphatic carbocycles. The molecule has 140 valence electrons. The highest BCUT2D eigenvalue weighted by molar-refractivity contribution is 5.74. The van der Waals surface area contributed by atoms with Crippen LogP contribution in [0.25, 0.3) is 0 Å². The number of nitrogens with one attached hydrogen (secondary N) is 2. The number of amides is 2. The van der Waals surface area contributed by atoms with Gasteiger partial charge in [0.1, 0.15) is 5.75 Å². The molecule has 1 aromatic rings. The third kappa shape index (κ3) is 6.94. The van der Waals surface area contributed by atoms with E-state index in [0.717, 1.165) is 43.3 Å². The van der Waals surface area contributed by atoms with Crippen molar-refractivity contribution >= 4 is 6.03 Å². The van der Waals surface area contributed by atoms with Gasteiger partial charge in [0, 0.05) is 25.2 Å². The number of hydrogen-bond donors (Lipinski definition) is 2. The van der Waals surface area contributed by atoms with Crippen molar-refractivity contribution in [2.24, 2.45) is 5.92 Å². The number of rotatable bonds is 7. The van der Waals surface area contributed by atoms with Gasteiger partial charge in [-0.05, 0) is 63.3 Å². The first-order valence-electron chi connectivity index (χ1n) is 9.38. The van der Waals surface area contributed by atoms with E-state index in [4.69, 9.17) is 4.74 Å². The molecule has 0 radical (unpaired) electrons. The summed E-state index contributed by atoms with van der Waals surface area (Å²) >= 11 is 0. The van der Waals surface area contributed by atoms with E-state index in [1.807, 2.05) is 25.1 Å². The molecule has 2 amide bonds. The Kier molecular flexibility index (Phi) is 7.56. The summed E-state index contributed by atoms with van der Waals surface area (Å²) in [5.41, 5.74) is 1.16. The number of hydrogen-bond acceptors (Lipinski definition) is 3.